The molecule has 2 nitrogen and oxygen atoms in total. The molecule has 1 aromatic rings. The molecule has 0 radical (unpaired) electrons. The van der Waals surface area contributed by atoms with Gasteiger partial charge in [-0.05, 0) is 68.0 Å². The van der Waals surface area contributed by atoms with Crippen LogP contribution in [0.5, 0.6) is 0 Å². The third-order valence-corrected chi connectivity index (χ3v) is 4.48. The predicted molar refractivity (Wildman–Crippen MR) is 70.8 cm³/mol. The number of piperidine rings is 1. The molecule has 0 amide bonds. The molecule has 2 N–H and O–H groups in total. The smallest absolute Gasteiger partial charge is 0.123 e. The van der Waals surface area contributed by atoms with E-state index in [1.165, 1.54) is 24.0 Å². The van der Waals surface area contributed by atoms with Crippen LogP contribution in [0, 0.1) is 11.7 Å². The van der Waals surface area contributed by atoms with Crippen LogP contribution in [0.2, 0.25) is 0 Å². The molecule has 0 saturated carbocycles. The maximum absolute atomic E-state index is 13.2. The van der Waals surface area contributed by atoms with Crippen molar-refractivity contribution in [3.63, 3.8) is 0 Å². The van der Waals surface area contributed by atoms with Crippen molar-refractivity contribution in [1.82, 2.24) is 4.90 Å². The van der Waals surface area contributed by atoms with Gasteiger partial charge in [0.05, 0.1) is 0 Å². The lowest BCUT2D eigenvalue weighted by atomic mass is 9.95. The molecule has 18 heavy (non-hydrogen) atoms. The minimum absolute atomic E-state index is 0.104. The van der Waals surface area contributed by atoms with E-state index in [-0.39, 0.29) is 5.82 Å². The summed E-state index contributed by atoms with van der Waals surface area (Å²) in [4.78, 5) is 2.56. The Morgan fingerprint density at radius 3 is 3.06 bits per heavy atom. The Morgan fingerprint density at radius 2 is 2.22 bits per heavy atom. The summed E-state index contributed by atoms with van der Waals surface area (Å²) in [6.07, 6.45) is 4.66. The SMILES string of the molecule is NCC1CCCN(C2CCc3cc(F)ccc32)C1. The molecule has 2 atom stereocenters. The summed E-state index contributed by atoms with van der Waals surface area (Å²) >= 11 is 0. The molecule has 3 rings (SSSR count). The molecule has 1 fully saturated rings. The monoisotopic (exact) mass is 248 g/mol. The van der Waals surface area contributed by atoms with Gasteiger partial charge in [-0.25, -0.2) is 4.39 Å². The average Bonchev–Trinajstić information content (AvgIpc) is 2.81. The van der Waals surface area contributed by atoms with E-state index in [2.05, 4.69) is 4.90 Å². The Labute approximate surface area is 108 Å². The summed E-state index contributed by atoms with van der Waals surface area (Å²) < 4.78 is 13.2. The van der Waals surface area contributed by atoms with Gasteiger partial charge in [0.1, 0.15) is 5.82 Å². The number of fused-ring (bicyclic) bond motifs is 1. The number of nitrogens with two attached hydrogens (primary N) is 1. The van der Waals surface area contributed by atoms with Gasteiger partial charge in [0, 0.05) is 12.6 Å². The zero-order chi connectivity index (χ0) is 12.5. The van der Waals surface area contributed by atoms with Gasteiger partial charge >= 0.3 is 0 Å². The van der Waals surface area contributed by atoms with Crippen molar-refractivity contribution in [2.75, 3.05) is 19.6 Å². The summed E-state index contributed by atoms with van der Waals surface area (Å²) in [7, 11) is 0. The molecule has 98 valence electrons. The summed E-state index contributed by atoms with van der Waals surface area (Å²) in [5, 5.41) is 0. The van der Waals surface area contributed by atoms with Gasteiger partial charge in [-0.2, -0.15) is 0 Å². The number of hydrogen-bond acceptors (Lipinski definition) is 2. The molecule has 1 aliphatic carbocycles. The predicted octanol–water partition coefficient (Wildman–Crippen LogP) is 2.48. The number of aryl methyl sites for hydroxylation is 1. The Hall–Kier alpha value is -0.930. The molecule has 1 heterocycles. The van der Waals surface area contributed by atoms with Crippen LogP contribution < -0.4 is 5.73 Å². The van der Waals surface area contributed by atoms with Gasteiger partial charge in [-0.3, -0.25) is 4.90 Å². The fraction of sp³-hybridized carbons (Fsp3) is 0.600. The second-order valence-electron chi connectivity index (χ2n) is 5.64. The molecule has 1 saturated heterocycles. The van der Waals surface area contributed by atoms with Gasteiger partial charge in [0.2, 0.25) is 0 Å². The van der Waals surface area contributed by atoms with E-state index in [9.17, 15) is 4.39 Å². The van der Waals surface area contributed by atoms with E-state index in [1.54, 1.807) is 12.1 Å². The van der Waals surface area contributed by atoms with Crippen molar-refractivity contribution in [1.29, 1.82) is 0 Å². The number of nitrogens with zero attached hydrogens (tertiary/aromatic N) is 1. The van der Waals surface area contributed by atoms with Crippen LogP contribution in [0.1, 0.15) is 36.4 Å². The number of hydrogen-bond donors (Lipinski definition) is 1. The normalized spacial score (nSPS) is 28.3. The quantitative estimate of drug-likeness (QED) is 0.871. The Balaban J connectivity index is 1.79. The summed E-state index contributed by atoms with van der Waals surface area (Å²) in [5.41, 5.74) is 8.35. The maximum atomic E-state index is 13.2. The third kappa shape index (κ3) is 2.17. The van der Waals surface area contributed by atoms with Crippen molar-refractivity contribution < 1.29 is 4.39 Å². The first-order chi connectivity index (χ1) is 8.78. The van der Waals surface area contributed by atoms with E-state index >= 15 is 0 Å². The van der Waals surface area contributed by atoms with Crippen LogP contribution in [0.15, 0.2) is 18.2 Å². The molecule has 0 aromatic heterocycles. The highest BCUT2D eigenvalue weighted by atomic mass is 19.1. The van der Waals surface area contributed by atoms with Gasteiger partial charge in [-0.1, -0.05) is 6.07 Å². The number of benzene rings is 1. The van der Waals surface area contributed by atoms with Crippen molar-refractivity contribution in [3.05, 3.63) is 35.1 Å². The van der Waals surface area contributed by atoms with Gasteiger partial charge in [0.25, 0.3) is 0 Å². The van der Waals surface area contributed by atoms with Gasteiger partial charge < -0.3 is 5.73 Å². The van der Waals surface area contributed by atoms with E-state index in [4.69, 9.17) is 5.73 Å². The highest BCUT2D eigenvalue weighted by Crippen LogP contribution is 2.37. The lowest BCUT2D eigenvalue weighted by Gasteiger charge is -2.36. The third-order valence-electron chi connectivity index (χ3n) is 4.48. The van der Waals surface area contributed by atoms with Gasteiger partial charge in [0.15, 0.2) is 0 Å². The first-order valence-electron chi connectivity index (χ1n) is 7.00. The van der Waals surface area contributed by atoms with E-state index in [0.717, 1.165) is 32.5 Å². The van der Waals surface area contributed by atoms with Crippen molar-refractivity contribution in [2.24, 2.45) is 11.7 Å². The van der Waals surface area contributed by atoms with Crippen LogP contribution in [-0.2, 0) is 6.42 Å². The molecule has 1 aromatic carbocycles. The largest absolute Gasteiger partial charge is 0.330 e. The van der Waals surface area contributed by atoms with Crippen molar-refractivity contribution in [2.45, 2.75) is 31.7 Å². The first kappa shape index (κ1) is 12.1. The minimum atomic E-state index is -0.104. The Morgan fingerprint density at radius 1 is 1.33 bits per heavy atom. The standard InChI is InChI=1S/C15H21FN2/c16-13-4-5-14-12(8-13)3-6-15(14)18-7-1-2-11(9-17)10-18/h4-5,8,11,15H,1-3,6-7,9-10,17H2. The molecular formula is C15H21FN2. The molecule has 1 aliphatic heterocycles. The summed E-state index contributed by atoms with van der Waals surface area (Å²) in [5.74, 6) is 0.538. The highest BCUT2D eigenvalue weighted by molar-refractivity contribution is 5.35. The zero-order valence-electron chi connectivity index (χ0n) is 10.7. The lowest BCUT2D eigenvalue weighted by Crippen LogP contribution is -2.40. The van der Waals surface area contributed by atoms with Crippen LogP contribution in [0.4, 0.5) is 4.39 Å². The van der Waals surface area contributed by atoms with E-state index in [1.807, 2.05) is 6.07 Å². The number of halogens is 1. The lowest BCUT2D eigenvalue weighted by molar-refractivity contribution is 0.125. The molecule has 2 unspecified atom stereocenters. The number of likely N-dealkylation sites (tertiary alicyclic amines) is 1. The molecular weight excluding hydrogens is 227 g/mol. The summed E-state index contributed by atoms with van der Waals surface area (Å²) in [6.45, 7) is 3.06. The number of rotatable bonds is 2. The van der Waals surface area contributed by atoms with Crippen LogP contribution in [0.3, 0.4) is 0 Å². The molecule has 3 heteroatoms. The molecule has 0 bridgehead atoms. The first-order valence-corrected chi connectivity index (χ1v) is 7.00. The maximum Gasteiger partial charge on any atom is 0.123 e. The van der Waals surface area contributed by atoms with Crippen molar-refractivity contribution in [3.8, 4) is 0 Å². The minimum Gasteiger partial charge on any atom is -0.330 e. The van der Waals surface area contributed by atoms with E-state index < -0.39 is 0 Å². The van der Waals surface area contributed by atoms with Crippen LogP contribution >= 0.6 is 0 Å². The molecule has 0 spiro atoms. The topological polar surface area (TPSA) is 29.3 Å². The van der Waals surface area contributed by atoms with E-state index in [0.29, 0.717) is 12.0 Å². The van der Waals surface area contributed by atoms with Crippen LogP contribution in [-0.4, -0.2) is 24.5 Å². The Bertz CT molecular complexity index is 433. The fourth-order valence-electron chi connectivity index (χ4n) is 3.52. The Kier molecular flexibility index (Phi) is 3.35. The van der Waals surface area contributed by atoms with Gasteiger partial charge in [-0.15, -0.1) is 0 Å². The second-order valence-corrected chi connectivity index (χ2v) is 5.64. The molecule has 2 aliphatic rings. The summed E-state index contributed by atoms with van der Waals surface area (Å²) in [6, 6.07) is 5.78. The van der Waals surface area contributed by atoms with Crippen LogP contribution in [0.25, 0.3) is 0 Å². The highest BCUT2D eigenvalue weighted by Gasteiger charge is 2.31. The van der Waals surface area contributed by atoms with Crippen molar-refractivity contribution >= 4 is 0 Å². The fourth-order valence-corrected chi connectivity index (χ4v) is 3.52. The zero-order valence-corrected chi connectivity index (χ0v) is 10.7. The average molecular weight is 248 g/mol. The second kappa shape index (κ2) is 4.98.